The molecule has 4 heteroatoms. The molecule has 0 fully saturated rings. The number of esters is 1. The number of nitrogens with zero attached hydrogens (tertiary/aromatic N) is 2. The van der Waals surface area contributed by atoms with E-state index in [0.29, 0.717) is 0 Å². The average Bonchev–Trinajstić information content (AvgIpc) is 2.54. The van der Waals surface area contributed by atoms with Gasteiger partial charge in [0.05, 0.1) is 7.11 Å². The minimum Gasteiger partial charge on any atom is -0.468 e. The predicted octanol–water partition coefficient (Wildman–Crippen LogP) is 1.67. The second-order valence-electron chi connectivity index (χ2n) is 4.54. The number of carbonyl (C=O) groups excluding carboxylic acids is 1. The van der Waals surface area contributed by atoms with Gasteiger partial charge in [0.1, 0.15) is 6.04 Å². The molecule has 18 heavy (non-hydrogen) atoms. The fourth-order valence-electron chi connectivity index (χ4n) is 2.52. The molecule has 0 N–H and O–H groups in total. The lowest BCUT2D eigenvalue weighted by Gasteiger charge is -2.24. The zero-order valence-corrected chi connectivity index (χ0v) is 11.2. The van der Waals surface area contributed by atoms with Crippen LogP contribution in [0, 0.1) is 0 Å². The summed E-state index contributed by atoms with van der Waals surface area (Å²) < 4.78 is 4.94. The largest absolute Gasteiger partial charge is 0.468 e. The highest BCUT2D eigenvalue weighted by molar-refractivity contribution is 5.80. The lowest BCUT2D eigenvalue weighted by molar-refractivity contribution is -0.146. The Labute approximate surface area is 108 Å². The maximum atomic E-state index is 12.0. The van der Waals surface area contributed by atoms with Gasteiger partial charge in [-0.15, -0.1) is 0 Å². The van der Waals surface area contributed by atoms with Gasteiger partial charge >= 0.3 is 5.97 Å². The van der Waals surface area contributed by atoms with Crippen molar-refractivity contribution in [1.29, 1.82) is 0 Å². The Bertz CT molecular complexity index is 434. The Morgan fingerprint density at radius 2 is 2.11 bits per heavy atom. The molecular weight excluding hydrogens is 228 g/mol. The number of rotatable bonds is 2. The number of anilines is 1. The molecule has 1 atom stereocenters. The van der Waals surface area contributed by atoms with Crippen molar-refractivity contribution in [2.45, 2.75) is 13.0 Å². The second kappa shape index (κ2) is 5.40. The Morgan fingerprint density at radius 3 is 2.78 bits per heavy atom. The van der Waals surface area contributed by atoms with Crippen LogP contribution in [-0.2, 0) is 9.53 Å². The van der Waals surface area contributed by atoms with Gasteiger partial charge in [0.25, 0.3) is 0 Å². The van der Waals surface area contributed by atoms with E-state index in [9.17, 15) is 4.79 Å². The highest BCUT2D eigenvalue weighted by atomic mass is 16.5. The Kier molecular flexibility index (Phi) is 3.87. The van der Waals surface area contributed by atoms with Crippen LogP contribution in [0.1, 0.15) is 18.5 Å². The summed E-state index contributed by atoms with van der Waals surface area (Å²) in [5, 5.41) is 0. The van der Waals surface area contributed by atoms with Crippen molar-refractivity contribution in [2.24, 2.45) is 0 Å². The molecule has 1 aromatic rings. The number of fused-ring (bicyclic) bond motifs is 1. The van der Waals surface area contributed by atoms with Gasteiger partial charge in [0, 0.05) is 30.9 Å². The number of ether oxygens (including phenoxy) is 1. The third-order valence-electron chi connectivity index (χ3n) is 3.54. The van der Waals surface area contributed by atoms with Gasteiger partial charge in [-0.2, -0.15) is 0 Å². The molecule has 98 valence electrons. The van der Waals surface area contributed by atoms with Crippen LogP contribution in [0.2, 0.25) is 0 Å². The van der Waals surface area contributed by atoms with Crippen LogP contribution < -0.4 is 4.90 Å². The number of benzene rings is 1. The van der Waals surface area contributed by atoms with Gasteiger partial charge in [0.15, 0.2) is 0 Å². The van der Waals surface area contributed by atoms with E-state index in [1.54, 1.807) is 0 Å². The normalized spacial score (nSPS) is 20.2. The molecule has 0 aromatic heterocycles. The monoisotopic (exact) mass is 248 g/mol. The first-order valence-electron chi connectivity index (χ1n) is 6.31. The molecule has 4 nitrogen and oxygen atoms in total. The van der Waals surface area contributed by atoms with Crippen LogP contribution in [0.15, 0.2) is 24.3 Å². The van der Waals surface area contributed by atoms with E-state index in [0.717, 1.165) is 30.9 Å². The third kappa shape index (κ3) is 2.20. The molecule has 0 saturated carbocycles. The Morgan fingerprint density at radius 1 is 1.39 bits per heavy atom. The van der Waals surface area contributed by atoms with Gasteiger partial charge < -0.3 is 9.64 Å². The van der Waals surface area contributed by atoms with Crippen LogP contribution >= 0.6 is 0 Å². The molecule has 0 aliphatic carbocycles. The molecular formula is C14H20N2O2. The van der Waals surface area contributed by atoms with E-state index in [4.69, 9.17) is 4.74 Å². The highest BCUT2D eigenvalue weighted by Gasteiger charge is 2.31. The summed E-state index contributed by atoms with van der Waals surface area (Å²) in [5.74, 6) is -0.192. The molecule has 0 bridgehead atoms. The molecule has 2 rings (SSSR count). The molecule has 1 aromatic carbocycles. The van der Waals surface area contributed by atoms with Crippen LogP contribution in [-0.4, -0.2) is 44.7 Å². The topological polar surface area (TPSA) is 32.8 Å². The summed E-state index contributed by atoms with van der Waals surface area (Å²) in [6.07, 6.45) is 0. The van der Waals surface area contributed by atoms with E-state index < -0.39 is 0 Å². The second-order valence-corrected chi connectivity index (χ2v) is 4.54. The summed E-state index contributed by atoms with van der Waals surface area (Å²) in [6.45, 7) is 4.85. The number of carbonyl (C=O) groups is 1. The Hall–Kier alpha value is -1.55. The number of methoxy groups -OCH3 is 1. The zero-order valence-electron chi connectivity index (χ0n) is 11.2. The number of para-hydroxylation sites is 1. The fourth-order valence-corrected chi connectivity index (χ4v) is 2.52. The molecule has 1 aliphatic rings. The van der Waals surface area contributed by atoms with Gasteiger partial charge in [0.2, 0.25) is 0 Å². The van der Waals surface area contributed by atoms with Gasteiger partial charge in [-0.25, -0.2) is 4.79 Å². The smallest absolute Gasteiger partial charge is 0.327 e. The quantitative estimate of drug-likeness (QED) is 0.745. The summed E-state index contributed by atoms with van der Waals surface area (Å²) in [6, 6.07) is 7.78. The SMILES string of the molecule is CCN1CCN(C)C(C(=O)OC)c2ccccc21. The van der Waals surface area contributed by atoms with Crippen molar-refractivity contribution < 1.29 is 9.53 Å². The molecule has 1 heterocycles. The standard InChI is InChI=1S/C14H20N2O2/c1-4-16-10-9-15(2)13(14(17)18-3)11-7-5-6-8-12(11)16/h5-8,13H,4,9-10H2,1-3H3. The van der Waals surface area contributed by atoms with Gasteiger partial charge in [-0.3, -0.25) is 4.90 Å². The number of likely N-dealkylation sites (N-methyl/N-ethyl adjacent to an activating group) is 2. The summed E-state index contributed by atoms with van der Waals surface area (Å²) in [5.41, 5.74) is 2.17. The first-order valence-corrected chi connectivity index (χ1v) is 6.31. The van der Waals surface area contributed by atoms with Gasteiger partial charge in [-0.1, -0.05) is 18.2 Å². The summed E-state index contributed by atoms with van der Waals surface area (Å²) in [4.78, 5) is 16.4. The zero-order chi connectivity index (χ0) is 13.1. The van der Waals surface area contributed by atoms with Crippen LogP contribution in [0.25, 0.3) is 0 Å². The minimum atomic E-state index is -0.303. The Balaban J connectivity index is 2.49. The van der Waals surface area contributed by atoms with E-state index in [2.05, 4.69) is 22.8 Å². The molecule has 1 aliphatic heterocycles. The lowest BCUT2D eigenvalue weighted by Crippen LogP contribution is -2.34. The fraction of sp³-hybridized carbons (Fsp3) is 0.500. The van der Waals surface area contributed by atoms with E-state index >= 15 is 0 Å². The highest BCUT2D eigenvalue weighted by Crippen LogP contribution is 2.32. The van der Waals surface area contributed by atoms with Crippen LogP contribution in [0.3, 0.4) is 0 Å². The first-order chi connectivity index (χ1) is 8.69. The third-order valence-corrected chi connectivity index (χ3v) is 3.54. The van der Waals surface area contributed by atoms with E-state index in [1.165, 1.54) is 7.11 Å². The summed E-state index contributed by atoms with van der Waals surface area (Å²) in [7, 11) is 3.42. The van der Waals surface area contributed by atoms with Crippen molar-refractivity contribution >= 4 is 11.7 Å². The van der Waals surface area contributed by atoms with Crippen molar-refractivity contribution in [3.05, 3.63) is 29.8 Å². The molecule has 0 radical (unpaired) electrons. The average molecular weight is 248 g/mol. The van der Waals surface area contributed by atoms with Crippen LogP contribution in [0.5, 0.6) is 0 Å². The maximum absolute atomic E-state index is 12.0. The minimum absolute atomic E-state index is 0.192. The lowest BCUT2D eigenvalue weighted by atomic mass is 10.0. The molecule has 1 unspecified atom stereocenters. The van der Waals surface area contributed by atoms with Crippen molar-refractivity contribution in [1.82, 2.24) is 4.90 Å². The molecule has 0 spiro atoms. The summed E-state index contributed by atoms with van der Waals surface area (Å²) >= 11 is 0. The van der Waals surface area contributed by atoms with Crippen molar-refractivity contribution in [3.8, 4) is 0 Å². The van der Waals surface area contributed by atoms with Crippen molar-refractivity contribution in [3.63, 3.8) is 0 Å². The first kappa shape index (κ1) is 12.9. The maximum Gasteiger partial charge on any atom is 0.327 e. The van der Waals surface area contributed by atoms with Crippen LogP contribution in [0.4, 0.5) is 5.69 Å². The van der Waals surface area contributed by atoms with Gasteiger partial charge in [-0.05, 0) is 20.0 Å². The van der Waals surface area contributed by atoms with Crippen molar-refractivity contribution in [2.75, 3.05) is 38.7 Å². The molecule has 0 saturated heterocycles. The number of hydrogen-bond acceptors (Lipinski definition) is 4. The molecule has 0 amide bonds. The van der Waals surface area contributed by atoms with E-state index in [1.807, 2.05) is 25.2 Å². The predicted molar refractivity (Wildman–Crippen MR) is 71.7 cm³/mol. The van der Waals surface area contributed by atoms with E-state index in [-0.39, 0.29) is 12.0 Å². The number of hydrogen-bond donors (Lipinski definition) is 0.